The molecule has 0 saturated carbocycles. The second-order valence-electron chi connectivity index (χ2n) is 6.80. The fraction of sp³-hybridized carbons (Fsp3) is 0.364. The number of amides is 2. The number of nitrogens with zero attached hydrogens (tertiary/aromatic N) is 1. The third kappa shape index (κ3) is 6.75. The molecule has 1 saturated heterocycles. The van der Waals surface area contributed by atoms with E-state index in [-0.39, 0.29) is 18.4 Å². The Hall–Kier alpha value is -3.10. The monoisotopic (exact) mass is 413 g/mol. The van der Waals surface area contributed by atoms with E-state index in [2.05, 4.69) is 15.5 Å². The van der Waals surface area contributed by atoms with E-state index in [4.69, 9.17) is 14.2 Å². The number of nitrogens with one attached hydrogen (secondary N) is 2. The first-order chi connectivity index (χ1) is 14.6. The number of ether oxygens (including phenoxy) is 3. The lowest BCUT2D eigenvalue weighted by molar-refractivity contribution is -0.118. The number of carbonyl (C=O) groups excluding carboxylic acids is 2. The van der Waals surface area contributed by atoms with Crippen LogP contribution in [0.5, 0.6) is 11.5 Å². The lowest BCUT2D eigenvalue weighted by Gasteiger charge is -2.26. The van der Waals surface area contributed by atoms with E-state index in [0.717, 1.165) is 32.8 Å². The normalized spacial score (nSPS) is 14.0. The summed E-state index contributed by atoms with van der Waals surface area (Å²) in [6, 6.07) is 13.8. The third-order valence-corrected chi connectivity index (χ3v) is 4.66. The highest BCUT2D eigenvalue weighted by Gasteiger charge is 2.11. The van der Waals surface area contributed by atoms with Gasteiger partial charge in [-0.3, -0.25) is 14.5 Å². The van der Waals surface area contributed by atoms with Gasteiger partial charge in [-0.2, -0.15) is 0 Å². The van der Waals surface area contributed by atoms with Crippen molar-refractivity contribution in [2.24, 2.45) is 0 Å². The van der Waals surface area contributed by atoms with Gasteiger partial charge in [0.15, 0.2) is 6.61 Å². The zero-order valence-corrected chi connectivity index (χ0v) is 17.1. The lowest BCUT2D eigenvalue weighted by atomic mass is 10.2. The number of rotatable bonds is 9. The largest absolute Gasteiger partial charge is 0.497 e. The second-order valence-corrected chi connectivity index (χ2v) is 6.80. The van der Waals surface area contributed by atoms with Crippen LogP contribution >= 0.6 is 0 Å². The highest BCUT2D eigenvalue weighted by atomic mass is 16.5. The van der Waals surface area contributed by atoms with Gasteiger partial charge in [-0.1, -0.05) is 6.07 Å². The summed E-state index contributed by atoms with van der Waals surface area (Å²) in [7, 11) is 1.57. The number of hydrogen-bond acceptors (Lipinski definition) is 6. The van der Waals surface area contributed by atoms with Gasteiger partial charge in [-0.15, -0.1) is 0 Å². The summed E-state index contributed by atoms with van der Waals surface area (Å²) in [6.45, 7) is 4.53. The number of anilines is 1. The van der Waals surface area contributed by atoms with E-state index in [1.54, 1.807) is 55.6 Å². The Labute approximate surface area is 176 Å². The van der Waals surface area contributed by atoms with Gasteiger partial charge >= 0.3 is 0 Å². The number of benzene rings is 2. The van der Waals surface area contributed by atoms with Crippen molar-refractivity contribution in [3.63, 3.8) is 0 Å². The molecule has 8 heteroatoms. The molecule has 0 spiro atoms. The molecule has 0 aliphatic carbocycles. The van der Waals surface area contributed by atoms with Crippen molar-refractivity contribution < 1.29 is 23.8 Å². The van der Waals surface area contributed by atoms with E-state index in [1.165, 1.54) is 0 Å². The van der Waals surface area contributed by atoms with Gasteiger partial charge in [0.25, 0.3) is 11.8 Å². The SMILES string of the molecule is COc1cccc(OCC(=O)Nc2ccc(C(=O)NCCN3CCOCC3)cc2)c1. The molecule has 0 aromatic heterocycles. The molecule has 1 heterocycles. The molecule has 2 N–H and O–H groups in total. The quantitative estimate of drug-likeness (QED) is 0.651. The minimum atomic E-state index is -0.291. The minimum Gasteiger partial charge on any atom is -0.497 e. The van der Waals surface area contributed by atoms with Gasteiger partial charge in [-0.05, 0) is 36.4 Å². The number of carbonyl (C=O) groups is 2. The molecule has 160 valence electrons. The third-order valence-electron chi connectivity index (χ3n) is 4.66. The first kappa shape index (κ1) is 21.6. The van der Waals surface area contributed by atoms with E-state index >= 15 is 0 Å². The molecule has 2 amide bonds. The van der Waals surface area contributed by atoms with Gasteiger partial charge in [0.1, 0.15) is 11.5 Å². The number of hydrogen-bond donors (Lipinski definition) is 2. The van der Waals surface area contributed by atoms with Gasteiger partial charge in [0, 0.05) is 43.5 Å². The molecule has 3 rings (SSSR count). The standard InChI is InChI=1S/C22H27N3O5/c1-28-19-3-2-4-20(15-19)30-16-21(26)24-18-7-5-17(6-8-18)22(27)23-9-10-25-11-13-29-14-12-25/h2-8,15H,9-14,16H2,1H3,(H,23,27)(H,24,26). The molecule has 0 radical (unpaired) electrons. The van der Waals surface area contributed by atoms with Crippen LogP contribution in [0.4, 0.5) is 5.69 Å². The Morgan fingerprint density at radius 2 is 1.80 bits per heavy atom. The van der Waals surface area contributed by atoms with Crippen molar-refractivity contribution in [1.82, 2.24) is 10.2 Å². The Bertz CT molecular complexity index is 835. The Morgan fingerprint density at radius 3 is 2.53 bits per heavy atom. The molecule has 0 bridgehead atoms. The van der Waals surface area contributed by atoms with Crippen molar-refractivity contribution in [3.05, 3.63) is 54.1 Å². The van der Waals surface area contributed by atoms with Crippen molar-refractivity contribution in [3.8, 4) is 11.5 Å². The fourth-order valence-corrected chi connectivity index (χ4v) is 3.00. The highest BCUT2D eigenvalue weighted by molar-refractivity contribution is 5.96. The van der Waals surface area contributed by atoms with Crippen molar-refractivity contribution >= 4 is 17.5 Å². The molecule has 30 heavy (non-hydrogen) atoms. The van der Waals surface area contributed by atoms with Crippen LogP contribution in [-0.4, -0.2) is 69.8 Å². The minimum absolute atomic E-state index is 0.128. The van der Waals surface area contributed by atoms with Crippen molar-refractivity contribution in [2.75, 3.05) is 58.4 Å². The summed E-state index contributed by atoms with van der Waals surface area (Å²) in [4.78, 5) is 26.6. The van der Waals surface area contributed by atoms with Crippen molar-refractivity contribution in [2.45, 2.75) is 0 Å². The van der Waals surface area contributed by atoms with Crippen LogP contribution in [0.15, 0.2) is 48.5 Å². The molecule has 0 unspecified atom stereocenters. The molecule has 1 aliphatic heterocycles. The zero-order valence-electron chi connectivity index (χ0n) is 17.1. The topological polar surface area (TPSA) is 89.1 Å². The molecular formula is C22H27N3O5. The summed E-state index contributed by atoms with van der Waals surface area (Å²) >= 11 is 0. The number of methoxy groups -OCH3 is 1. The lowest BCUT2D eigenvalue weighted by Crippen LogP contribution is -2.41. The van der Waals surface area contributed by atoms with Crippen LogP contribution in [-0.2, 0) is 9.53 Å². The van der Waals surface area contributed by atoms with Crippen LogP contribution < -0.4 is 20.1 Å². The zero-order chi connectivity index (χ0) is 21.2. The maximum absolute atomic E-state index is 12.3. The summed E-state index contributed by atoms with van der Waals surface area (Å²) in [5, 5.41) is 5.66. The maximum atomic E-state index is 12.3. The molecule has 0 atom stereocenters. The second kappa shape index (κ2) is 11.2. The average Bonchev–Trinajstić information content (AvgIpc) is 2.79. The van der Waals surface area contributed by atoms with Crippen LogP contribution in [0.1, 0.15) is 10.4 Å². The molecule has 8 nitrogen and oxygen atoms in total. The Morgan fingerprint density at radius 1 is 1.07 bits per heavy atom. The molecule has 2 aromatic rings. The van der Waals surface area contributed by atoms with E-state index in [9.17, 15) is 9.59 Å². The summed E-state index contributed by atoms with van der Waals surface area (Å²) in [6.07, 6.45) is 0. The Kier molecular flexibility index (Phi) is 8.05. The fourth-order valence-electron chi connectivity index (χ4n) is 3.00. The van der Waals surface area contributed by atoms with Gasteiger partial charge in [0.05, 0.1) is 20.3 Å². The highest BCUT2D eigenvalue weighted by Crippen LogP contribution is 2.18. The van der Waals surface area contributed by atoms with Crippen LogP contribution in [0.2, 0.25) is 0 Å². The van der Waals surface area contributed by atoms with Gasteiger partial charge in [-0.25, -0.2) is 0 Å². The van der Waals surface area contributed by atoms with E-state index in [1.807, 2.05) is 0 Å². The smallest absolute Gasteiger partial charge is 0.262 e. The first-order valence-electron chi connectivity index (χ1n) is 9.89. The first-order valence-corrected chi connectivity index (χ1v) is 9.89. The maximum Gasteiger partial charge on any atom is 0.262 e. The average molecular weight is 413 g/mol. The molecular weight excluding hydrogens is 386 g/mol. The van der Waals surface area contributed by atoms with Crippen LogP contribution in [0.3, 0.4) is 0 Å². The summed E-state index contributed by atoms with van der Waals surface area (Å²) < 4.78 is 15.9. The van der Waals surface area contributed by atoms with Crippen LogP contribution in [0, 0.1) is 0 Å². The van der Waals surface area contributed by atoms with Crippen molar-refractivity contribution in [1.29, 1.82) is 0 Å². The number of morpholine rings is 1. The molecule has 1 fully saturated rings. The predicted molar refractivity (Wildman–Crippen MR) is 113 cm³/mol. The van der Waals surface area contributed by atoms with Gasteiger partial charge in [0.2, 0.25) is 0 Å². The summed E-state index contributed by atoms with van der Waals surface area (Å²) in [5.74, 6) is 0.781. The Balaban J connectivity index is 1.40. The van der Waals surface area contributed by atoms with E-state index < -0.39 is 0 Å². The van der Waals surface area contributed by atoms with Crippen LogP contribution in [0.25, 0.3) is 0 Å². The molecule has 2 aromatic carbocycles. The summed E-state index contributed by atoms with van der Waals surface area (Å²) in [5.41, 5.74) is 1.14. The molecule has 1 aliphatic rings. The predicted octanol–water partition coefficient (Wildman–Crippen LogP) is 1.77. The van der Waals surface area contributed by atoms with E-state index in [0.29, 0.717) is 29.3 Å². The van der Waals surface area contributed by atoms with Gasteiger partial charge < -0.3 is 24.8 Å².